The molecule has 0 aliphatic heterocycles. The predicted molar refractivity (Wildman–Crippen MR) is 96.5 cm³/mol. The van der Waals surface area contributed by atoms with Gasteiger partial charge in [-0.05, 0) is 23.7 Å². The van der Waals surface area contributed by atoms with Crippen LogP contribution < -0.4 is 0 Å². The molecule has 118 valence electrons. The van der Waals surface area contributed by atoms with Gasteiger partial charge in [0.15, 0.2) is 14.5 Å². The van der Waals surface area contributed by atoms with Gasteiger partial charge in [0.05, 0.1) is 5.75 Å². The van der Waals surface area contributed by atoms with Crippen molar-refractivity contribution in [1.29, 1.82) is 0 Å². The quantitative estimate of drug-likeness (QED) is 0.486. The molecule has 22 heavy (non-hydrogen) atoms. The second-order valence-corrected chi connectivity index (χ2v) is 8.62. The maximum absolute atomic E-state index is 12.2. The van der Waals surface area contributed by atoms with E-state index in [2.05, 4.69) is 43.1 Å². The Labute approximate surface area is 144 Å². The van der Waals surface area contributed by atoms with Gasteiger partial charge in [-0.15, -0.1) is 10.2 Å². The Hall–Kier alpha value is -0.850. The lowest BCUT2D eigenvalue weighted by atomic mass is 9.97. The minimum atomic E-state index is 0.139. The average Bonchev–Trinajstić information content (AvgIpc) is 3.00. The van der Waals surface area contributed by atoms with Crippen LogP contribution in [0.15, 0.2) is 32.9 Å². The Bertz CT molecular complexity index is 610. The fraction of sp³-hybridized carbons (Fsp3) is 0.438. The van der Waals surface area contributed by atoms with Crippen LogP contribution in [0.5, 0.6) is 0 Å². The van der Waals surface area contributed by atoms with Crippen LogP contribution in [-0.4, -0.2) is 27.5 Å². The first-order valence-electron chi connectivity index (χ1n) is 7.36. The van der Waals surface area contributed by atoms with Crippen molar-refractivity contribution >= 4 is 40.6 Å². The second kappa shape index (κ2) is 8.70. The van der Waals surface area contributed by atoms with Crippen molar-refractivity contribution in [3.63, 3.8) is 0 Å². The lowest BCUT2D eigenvalue weighted by Gasteiger charge is -2.09. The van der Waals surface area contributed by atoms with E-state index in [0.717, 1.165) is 26.4 Å². The number of Topliss-reactive ketones (excluding diaryl/α,β-unsaturated/α-hetero) is 1. The van der Waals surface area contributed by atoms with Crippen LogP contribution in [0.4, 0.5) is 0 Å². The molecule has 0 fully saturated rings. The first kappa shape index (κ1) is 17.5. The van der Waals surface area contributed by atoms with Gasteiger partial charge in [-0.25, -0.2) is 0 Å². The molecule has 1 atom stereocenters. The van der Waals surface area contributed by atoms with Crippen LogP contribution in [0.2, 0.25) is 0 Å². The number of benzene rings is 1. The first-order valence-corrected chi connectivity index (χ1v) is 10.1. The third kappa shape index (κ3) is 4.83. The van der Waals surface area contributed by atoms with Gasteiger partial charge in [0.2, 0.25) is 0 Å². The van der Waals surface area contributed by atoms with E-state index in [1.807, 2.05) is 12.1 Å². The van der Waals surface area contributed by atoms with Crippen molar-refractivity contribution in [3.05, 3.63) is 35.4 Å². The van der Waals surface area contributed by atoms with Crippen molar-refractivity contribution in [2.45, 2.75) is 41.8 Å². The molecule has 6 heteroatoms. The van der Waals surface area contributed by atoms with Gasteiger partial charge in [0, 0.05) is 5.56 Å². The summed E-state index contributed by atoms with van der Waals surface area (Å²) in [6.45, 7) is 6.47. The van der Waals surface area contributed by atoms with E-state index in [9.17, 15) is 4.79 Å². The Morgan fingerprint density at radius 1 is 1.14 bits per heavy atom. The summed E-state index contributed by atoms with van der Waals surface area (Å²) in [6, 6.07) is 7.99. The molecule has 0 N–H and O–H groups in total. The van der Waals surface area contributed by atoms with E-state index in [1.54, 1.807) is 23.1 Å². The normalized spacial score (nSPS) is 12.3. The molecule has 0 amide bonds. The Morgan fingerprint density at radius 2 is 1.77 bits per heavy atom. The minimum Gasteiger partial charge on any atom is -0.293 e. The fourth-order valence-electron chi connectivity index (χ4n) is 1.88. The standard InChI is InChI=1S/C16H20N2OS3/c1-4-11(3)12-6-8-13(9-7-12)14(19)10-21-16-18-17-15(22-16)20-5-2/h6-9,11H,4-5,10H2,1-3H3. The van der Waals surface area contributed by atoms with Gasteiger partial charge in [-0.2, -0.15) is 0 Å². The molecule has 0 aliphatic rings. The lowest BCUT2D eigenvalue weighted by Crippen LogP contribution is -2.02. The number of nitrogens with zero attached hydrogens (tertiary/aromatic N) is 2. The lowest BCUT2D eigenvalue weighted by molar-refractivity contribution is 0.102. The van der Waals surface area contributed by atoms with Crippen molar-refractivity contribution in [3.8, 4) is 0 Å². The van der Waals surface area contributed by atoms with E-state index in [1.165, 1.54) is 17.3 Å². The molecule has 0 aliphatic carbocycles. The Morgan fingerprint density at radius 3 is 2.36 bits per heavy atom. The molecule has 1 aromatic carbocycles. The summed E-state index contributed by atoms with van der Waals surface area (Å²) in [5.41, 5.74) is 2.06. The number of hydrogen-bond donors (Lipinski definition) is 0. The first-order chi connectivity index (χ1) is 10.6. The molecule has 3 nitrogen and oxygen atoms in total. The van der Waals surface area contributed by atoms with Crippen LogP contribution in [0, 0.1) is 0 Å². The molecule has 0 bridgehead atoms. The third-order valence-corrected chi connectivity index (χ3v) is 6.47. The van der Waals surface area contributed by atoms with Crippen LogP contribution in [0.3, 0.4) is 0 Å². The maximum Gasteiger partial charge on any atom is 0.175 e. The average molecular weight is 353 g/mol. The summed E-state index contributed by atoms with van der Waals surface area (Å²) in [4.78, 5) is 12.2. The molecule has 1 unspecified atom stereocenters. The molecule has 1 aromatic heterocycles. The van der Waals surface area contributed by atoms with Crippen LogP contribution >= 0.6 is 34.9 Å². The van der Waals surface area contributed by atoms with Crippen LogP contribution in [-0.2, 0) is 0 Å². The zero-order chi connectivity index (χ0) is 15.9. The monoisotopic (exact) mass is 352 g/mol. The molecule has 0 saturated carbocycles. The SMILES string of the molecule is CCSc1nnc(SCC(=O)c2ccc(C(C)CC)cc2)s1. The zero-order valence-corrected chi connectivity index (χ0v) is 15.5. The van der Waals surface area contributed by atoms with Crippen LogP contribution in [0.1, 0.15) is 49.0 Å². The van der Waals surface area contributed by atoms with Crippen molar-refractivity contribution in [1.82, 2.24) is 10.2 Å². The Kier molecular flexibility index (Phi) is 6.92. The summed E-state index contributed by atoms with van der Waals surface area (Å²) in [7, 11) is 0. The third-order valence-electron chi connectivity index (χ3n) is 3.40. The number of carbonyl (C=O) groups excluding carboxylic acids is 1. The molecule has 0 saturated heterocycles. The smallest absolute Gasteiger partial charge is 0.175 e. The van der Waals surface area contributed by atoms with Crippen LogP contribution in [0.25, 0.3) is 0 Å². The molecule has 0 spiro atoms. The minimum absolute atomic E-state index is 0.139. The van der Waals surface area contributed by atoms with Gasteiger partial charge in [0.25, 0.3) is 0 Å². The molecule has 2 rings (SSSR count). The highest BCUT2D eigenvalue weighted by molar-refractivity contribution is 8.03. The molecule has 0 radical (unpaired) electrons. The van der Waals surface area contributed by atoms with E-state index < -0.39 is 0 Å². The van der Waals surface area contributed by atoms with Gasteiger partial charge in [-0.3, -0.25) is 4.79 Å². The topological polar surface area (TPSA) is 42.9 Å². The molecular weight excluding hydrogens is 332 g/mol. The zero-order valence-electron chi connectivity index (χ0n) is 13.0. The van der Waals surface area contributed by atoms with Gasteiger partial charge in [-0.1, -0.05) is 79.9 Å². The highest BCUT2D eigenvalue weighted by Crippen LogP contribution is 2.29. The Balaban J connectivity index is 1.91. The fourth-order valence-corrected chi connectivity index (χ4v) is 4.69. The molecule has 1 heterocycles. The number of hydrogen-bond acceptors (Lipinski definition) is 6. The van der Waals surface area contributed by atoms with Gasteiger partial charge >= 0.3 is 0 Å². The van der Waals surface area contributed by atoms with Crippen molar-refractivity contribution in [2.24, 2.45) is 0 Å². The summed E-state index contributed by atoms with van der Waals surface area (Å²) in [5, 5.41) is 8.20. The number of carbonyl (C=O) groups is 1. The summed E-state index contributed by atoms with van der Waals surface area (Å²) in [5.74, 6) is 2.07. The van der Waals surface area contributed by atoms with E-state index >= 15 is 0 Å². The predicted octanol–water partition coefficient (Wildman–Crippen LogP) is 5.14. The largest absolute Gasteiger partial charge is 0.293 e. The van der Waals surface area contributed by atoms with E-state index in [4.69, 9.17) is 0 Å². The van der Waals surface area contributed by atoms with Gasteiger partial charge in [0.1, 0.15) is 0 Å². The van der Waals surface area contributed by atoms with Gasteiger partial charge < -0.3 is 0 Å². The van der Waals surface area contributed by atoms with Crippen molar-refractivity contribution < 1.29 is 4.79 Å². The number of rotatable bonds is 8. The summed E-state index contributed by atoms with van der Waals surface area (Å²) in [6.07, 6.45) is 1.11. The van der Waals surface area contributed by atoms with E-state index in [0.29, 0.717) is 11.7 Å². The number of ketones is 1. The highest BCUT2D eigenvalue weighted by atomic mass is 32.2. The maximum atomic E-state index is 12.2. The summed E-state index contributed by atoms with van der Waals surface area (Å²) >= 11 is 4.70. The van der Waals surface area contributed by atoms with Crippen molar-refractivity contribution in [2.75, 3.05) is 11.5 Å². The number of thioether (sulfide) groups is 2. The molecule has 2 aromatic rings. The number of aromatic nitrogens is 2. The molecular formula is C16H20N2OS3. The van der Waals surface area contributed by atoms with E-state index in [-0.39, 0.29) is 5.78 Å². The second-order valence-electron chi connectivity index (χ2n) is 4.91. The highest BCUT2D eigenvalue weighted by Gasteiger charge is 2.11. The summed E-state index contributed by atoms with van der Waals surface area (Å²) < 4.78 is 1.83.